The normalized spacial score (nSPS) is 35.1. The molecule has 2 unspecified atom stereocenters. The average molecular weight is 292 g/mol. The van der Waals surface area contributed by atoms with Crippen molar-refractivity contribution >= 4 is 17.2 Å². The van der Waals surface area contributed by atoms with Crippen LogP contribution in [0.4, 0.5) is 0 Å². The molecular formula is C15H20N2O2S. The Labute approximate surface area is 123 Å². The average Bonchev–Trinajstić information content (AvgIpc) is 2.82. The number of nitrogens with one attached hydrogen (secondary N) is 1. The van der Waals surface area contributed by atoms with Crippen molar-refractivity contribution in [2.45, 2.75) is 49.9 Å². The number of amides is 1. The Balaban J connectivity index is 1.62. The van der Waals surface area contributed by atoms with Crippen LogP contribution >= 0.6 is 11.3 Å². The van der Waals surface area contributed by atoms with Crippen molar-refractivity contribution in [1.82, 2.24) is 10.2 Å². The molecule has 3 aliphatic rings. The summed E-state index contributed by atoms with van der Waals surface area (Å²) in [4.78, 5) is 16.0. The van der Waals surface area contributed by atoms with Gasteiger partial charge in [-0.3, -0.25) is 10.1 Å². The van der Waals surface area contributed by atoms with Gasteiger partial charge in [-0.2, -0.15) is 0 Å². The molecule has 0 bridgehead atoms. The molecule has 2 saturated heterocycles. The van der Waals surface area contributed by atoms with Crippen molar-refractivity contribution < 1.29 is 9.53 Å². The van der Waals surface area contributed by atoms with E-state index in [-0.39, 0.29) is 23.2 Å². The van der Waals surface area contributed by atoms with E-state index in [1.165, 1.54) is 4.88 Å². The fourth-order valence-electron chi connectivity index (χ4n) is 3.43. The van der Waals surface area contributed by atoms with Crippen molar-refractivity contribution in [2.75, 3.05) is 13.2 Å². The van der Waals surface area contributed by atoms with E-state index in [2.05, 4.69) is 29.8 Å². The minimum atomic E-state index is -0.260. The Morgan fingerprint density at radius 3 is 2.95 bits per heavy atom. The highest BCUT2D eigenvalue weighted by molar-refractivity contribution is 7.10. The van der Waals surface area contributed by atoms with Crippen LogP contribution in [0.5, 0.6) is 0 Å². The van der Waals surface area contributed by atoms with Gasteiger partial charge in [0.15, 0.2) is 0 Å². The van der Waals surface area contributed by atoms with Gasteiger partial charge in [-0.1, -0.05) is 6.07 Å². The maximum atomic E-state index is 12.7. The quantitative estimate of drug-likeness (QED) is 0.929. The Hall–Kier alpha value is -0.910. The first kappa shape index (κ1) is 12.8. The molecule has 20 heavy (non-hydrogen) atoms. The Morgan fingerprint density at radius 1 is 1.50 bits per heavy atom. The van der Waals surface area contributed by atoms with E-state index < -0.39 is 0 Å². The van der Waals surface area contributed by atoms with E-state index in [9.17, 15) is 4.79 Å². The molecule has 1 spiro atoms. The minimum absolute atomic E-state index is 0.0334. The lowest BCUT2D eigenvalue weighted by Crippen LogP contribution is -2.43. The number of carbonyl (C=O) groups is 1. The third-order valence-corrected chi connectivity index (χ3v) is 5.69. The summed E-state index contributed by atoms with van der Waals surface area (Å²) in [5, 5.41) is 5.64. The molecule has 4 nitrogen and oxygen atoms in total. The molecule has 3 heterocycles. The molecule has 1 aromatic heterocycles. The van der Waals surface area contributed by atoms with E-state index in [4.69, 9.17) is 4.74 Å². The number of carbonyl (C=O) groups excluding carboxylic acids is 1. The van der Waals surface area contributed by atoms with E-state index in [1.807, 2.05) is 4.90 Å². The van der Waals surface area contributed by atoms with Gasteiger partial charge in [0.2, 0.25) is 5.91 Å². The van der Waals surface area contributed by atoms with Crippen LogP contribution in [0, 0.1) is 0 Å². The van der Waals surface area contributed by atoms with Crippen LogP contribution in [-0.2, 0) is 9.53 Å². The number of nitrogens with zero attached hydrogens (tertiary/aromatic N) is 1. The largest absolute Gasteiger partial charge is 0.373 e. The summed E-state index contributed by atoms with van der Waals surface area (Å²) in [5.74, 6) is 0.271. The highest BCUT2D eigenvalue weighted by atomic mass is 32.1. The topological polar surface area (TPSA) is 41.6 Å². The van der Waals surface area contributed by atoms with Gasteiger partial charge in [0.05, 0.1) is 12.1 Å². The van der Waals surface area contributed by atoms with Crippen molar-refractivity contribution in [1.29, 1.82) is 0 Å². The summed E-state index contributed by atoms with van der Waals surface area (Å²) in [5.41, 5.74) is -0.434. The van der Waals surface area contributed by atoms with Gasteiger partial charge in [-0.05, 0) is 44.1 Å². The van der Waals surface area contributed by atoms with Gasteiger partial charge in [0.25, 0.3) is 0 Å². The third kappa shape index (κ3) is 1.91. The van der Waals surface area contributed by atoms with Gasteiger partial charge in [0, 0.05) is 11.5 Å². The van der Waals surface area contributed by atoms with E-state index in [0.29, 0.717) is 6.54 Å². The standard InChI is InChI=1S/C15H20N2O2S/c1-14(5-3-8-19-14)10-17-12(11-4-2-9-20-11)16-15(6-7-15)13(17)18/h2,4,9,12,16H,3,5-8,10H2,1H3. The van der Waals surface area contributed by atoms with Gasteiger partial charge >= 0.3 is 0 Å². The highest BCUT2D eigenvalue weighted by Gasteiger charge is 2.60. The first-order valence-corrected chi connectivity index (χ1v) is 8.26. The fraction of sp³-hybridized carbons (Fsp3) is 0.667. The molecule has 5 heteroatoms. The SMILES string of the molecule is CC1(CN2C(=O)C3(CC3)NC2c2cccs2)CCCO1. The molecule has 2 aliphatic heterocycles. The van der Waals surface area contributed by atoms with E-state index in [1.54, 1.807) is 11.3 Å². The Bertz CT molecular complexity index is 518. The van der Waals surface area contributed by atoms with Crippen LogP contribution < -0.4 is 5.32 Å². The third-order valence-electron chi connectivity index (χ3n) is 4.76. The van der Waals surface area contributed by atoms with Gasteiger partial charge in [0.1, 0.15) is 11.7 Å². The van der Waals surface area contributed by atoms with E-state index in [0.717, 1.165) is 32.3 Å². The fourth-order valence-corrected chi connectivity index (χ4v) is 4.22. The molecule has 4 rings (SSSR count). The Kier molecular flexibility index (Phi) is 2.75. The lowest BCUT2D eigenvalue weighted by Gasteiger charge is -2.32. The first-order valence-electron chi connectivity index (χ1n) is 7.38. The molecule has 1 N–H and O–H groups in total. The summed E-state index contributed by atoms with van der Waals surface area (Å²) in [7, 11) is 0. The van der Waals surface area contributed by atoms with Gasteiger partial charge in [-0.25, -0.2) is 0 Å². The van der Waals surface area contributed by atoms with Crippen LogP contribution in [0.3, 0.4) is 0 Å². The lowest BCUT2D eigenvalue weighted by molar-refractivity contribution is -0.134. The molecule has 1 aliphatic carbocycles. The summed E-state index contributed by atoms with van der Waals surface area (Å²) in [6.07, 6.45) is 4.12. The zero-order chi connectivity index (χ0) is 13.8. The summed E-state index contributed by atoms with van der Waals surface area (Å²) in [6, 6.07) is 4.16. The number of hydrogen-bond acceptors (Lipinski definition) is 4. The molecule has 1 amide bonds. The number of rotatable bonds is 3. The summed E-state index contributed by atoms with van der Waals surface area (Å²) >= 11 is 1.71. The number of ether oxygens (including phenoxy) is 1. The predicted octanol–water partition coefficient (Wildman–Crippen LogP) is 2.28. The summed E-state index contributed by atoms with van der Waals surface area (Å²) < 4.78 is 5.89. The lowest BCUT2D eigenvalue weighted by atomic mass is 10.0. The second kappa shape index (κ2) is 4.29. The van der Waals surface area contributed by atoms with Crippen LogP contribution in [0.25, 0.3) is 0 Å². The van der Waals surface area contributed by atoms with Crippen LogP contribution in [0.2, 0.25) is 0 Å². The predicted molar refractivity (Wildman–Crippen MR) is 77.5 cm³/mol. The van der Waals surface area contributed by atoms with Gasteiger partial charge < -0.3 is 9.64 Å². The van der Waals surface area contributed by atoms with E-state index >= 15 is 0 Å². The zero-order valence-electron chi connectivity index (χ0n) is 11.7. The van der Waals surface area contributed by atoms with Crippen LogP contribution in [0.15, 0.2) is 17.5 Å². The minimum Gasteiger partial charge on any atom is -0.373 e. The van der Waals surface area contributed by atoms with Crippen molar-refractivity contribution in [3.8, 4) is 0 Å². The zero-order valence-corrected chi connectivity index (χ0v) is 12.5. The molecule has 1 aromatic rings. The molecule has 3 fully saturated rings. The van der Waals surface area contributed by atoms with Gasteiger partial charge in [-0.15, -0.1) is 11.3 Å². The van der Waals surface area contributed by atoms with Crippen molar-refractivity contribution in [2.24, 2.45) is 0 Å². The molecule has 2 atom stereocenters. The number of thiophene rings is 1. The monoisotopic (exact) mass is 292 g/mol. The maximum absolute atomic E-state index is 12.7. The Morgan fingerprint density at radius 2 is 2.35 bits per heavy atom. The second-order valence-corrected chi connectivity index (χ2v) is 7.46. The molecule has 108 valence electrons. The second-order valence-electron chi connectivity index (χ2n) is 6.48. The molecule has 1 saturated carbocycles. The van der Waals surface area contributed by atoms with Crippen molar-refractivity contribution in [3.63, 3.8) is 0 Å². The van der Waals surface area contributed by atoms with Crippen molar-refractivity contribution in [3.05, 3.63) is 22.4 Å². The smallest absolute Gasteiger partial charge is 0.244 e. The summed E-state index contributed by atoms with van der Waals surface area (Å²) in [6.45, 7) is 3.65. The maximum Gasteiger partial charge on any atom is 0.244 e. The van der Waals surface area contributed by atoms with Crippen LogP contribution in [0.1, 0.15) is 43.6 Å². The number of hydrogen-bond donors (Lipinski definition) is 1. The van der Waals surface area contributed by atoms with Crippen LogP contribution in [-0.4, -0.2) is 35.1 Å². The molecule has 0 radical (unpaired) electrons. The first-order chi connectivity index (χ1) is 9.62. The highest BCUT2D eigenvalue weighted by Crippen LogP contribution is 2.47. The molecular weight excluding hydrogens is 272 g/mol. The molecule has 0 aromatic carbocycles.